The zero-order valence-electron chi connectivity index (χ0n) is 19.9. The summed E-state index contributed by atoms with van der Waals surface area (Å²) in [5.41, 5.74) is 1.18. The van der Waals surface area contributed by atoms with E-state index < -0.39 is 11.6 Å². The van der Waals surface area contributed by atoms with Crippen LogP contribution in [0.25, 0.3) is 17.0 Å². The van der Waals surface area contributed by atoms with Gasteiger partial charge in [-0.25, -0.2) is 4.39 Å². The monoisotopic (exact) mass is 481 g/mol. The van der Waals surface area contributed by atoms with Crippen molar-refractivity contribution in [3.8, 4) is 17.2 Å². The molecule has 0 spiro atoms. The number of aromatic hydroxyl groups is 1. The van der Waals surface area contributed by atoms with E-state index in [1.165, 1.54) is 44.6 Å². The fraction of sp³-hybridized carbons (Fsp3) is 0.308. The summed E-state index contributed by atoms with van der Waals surface area (Å²) >= 11 is 0. The zero-order chi connectivity index (χ0) is 25.1. The molecule has 0 bridgehead atoms. The number of hydrogen-bond donors (Lipinski definition) is 2. The van der Waals surface area contributed by atoms with E-state index >= 15 is 4.39 Å². The molecule has 2 heterocycles. The normalized spacial score (nSPS) is 14.0. The number of fused-ring (bicyclic) bond motifs is 1. The Hall–Kier alpha value is -3.85. The maximum Gasteiger partial charge on any atom is 0.203 e. The van der Waals surface area contributed by atoms with Crippen LogP contribution in [0.5, 0.6) is 17.2 Å². The molecule has 2 N–H and O–H groups in total. The summed E-state index contributed by atoms with van der Waals surface area (Å²) in [7, 11) is 2.78. The Kier molecular flexibility index (Phi) is 7.07. The lowest BCUT2D eigenvalue weighted by Gasteiger charge is -2.30. The molecule has 4 rings (SSSR count). The molecule has 0 radical (unpaired) electrons. The summed E-state index contributed by atoms with van der Waals surface area (Å²) < 4.78 is 27.2. The highest BCUT2D eigenvalue weighted by molar-refractivity contribution is 6.07. The Balaban J connectivity index is 1.72. The standard InChI is InChI=1S/C26H28FN3O5/c1-4-29-15-16(5-6-22(31)17-11-23(32)26(35-3)24(12-17)34-2)25(33)18-13-19(27)21(14-20(18)29)30-9-7-28-8-10-30/h5-6,11-15,28,32H,4,7-10H2,1-3H3/b6-5+. The maximum absolute atomic E-state index is 15.0. The van der Waals surface area contributed by atoms with Crippen molar-refractivity contribution in [2.75, 3.05) is 45.3 Å². The second-order valence-electron chi connectivity index (χ2n) is 8.19. The largest absolute Gasteiger partial charge is 0.504 e. The molecule has 2 aromatic carbocycles. The van der Waals surface area contributed by atoms with Crippen molar-refractivity contribution in [3.05, 3.63) is 63.7 Å². The van der Waals surface area contributed by atoms with Crippen LogP contribution in [0, 0.1) is 5.82 Å². The number of allylic oxidation sites excluding steroid dienone is 1. The molecule has 0 saturated carbocycles. The molecule has 1 fully saturated rings. The van der Waals surface area contributed by atoms with Gasteiger partial charge in [-0.3, -0.25) is 9.59 Å². The molecule has 1 aliphatic rings. The number of methoxy groups -OCH3 is 2. The van der Waals surface area contributed by atoms with Crippen LogP contribution in [-0.4, -0.2) is 55.9 Å². The average Bonchev–Trinajstić information content (AvgIpc) is 2.88. The predicted octanol–water partition coefficient (Wildman–Crippen LogP) is 3.19. The summed E-state index contributed by atoms with van der Waals surface area (Å²) in [6.45, 7) is 5.41. The Morgan fingerprint density at radius 2 is 1.91 bits per heavy atom. The summed E-state index contributed by atoms with van der Waals surface area (Å²) in [5, 5.41) is 13.6. The van der Waals surface area contributed by atoms with E-state index in [1.807, 2.05) is 16.4 Å². The van der Waals surface area contributed by atoms with Crippen LogP contribution >= 0.6 is 0 Å². The summed E-state index contributed by atoms with van der Waals surface area (Å²) in [5.74, 6) is -0.797. The molecule has 0 unspecified atom stereocenters. The number of aromatic nitrogens is 1. The third kappa shape index (κ3) is 4.72. The predicted molar refractivity (Wildman–Crippen MR) is 133 cm³/mol. The van der Waals surface area contributed by atoms with E-state index in [0.717, 1.165) is 13.1 Å². The van der Waals surface area contributed by atoms with Crippen LogP contribution in [0.1, 0.15) is 22.8 Å². The molecule has 0 amide bonds. The number of hydrogen-bond acceptors (Lipinski definition) is 7. The van der Waals surface area contributed by atoms with E-state index in [4.69, 9.17) is 9.47 Å². The molecule has 184 valence electrons. The van der Waals surface area contributed by atoms with Crippen molar-refractivity contribution < 1.29 is 23.8 Å². The highest BCUT2D eigenvalue weighted by Gasteiger charge is 2.19. The van der Waals surface area contributed by atoms with Crippen LogP contribution in [0.2, 0.25) is 0 Å². The SMILES string of the molecule is CCn1cc(/C=C/C(=O)c2cc(O)c(OC)c(OC)c2)c(=O)c2cc(F)c(N3CCNCC3)cc21. The van der Waals surface area contributed by atoms with Crippen molar-refractivity contribution in [2.24, 2.45) is 0 Å². The first kappa shape index (κ1) is 24.3. The van der Waals surface area contributed by atoms with E-state index in [-0.39, 0.29) is 39.2 Å². The summed E-state index contributed by atoms with van der Waals surface area (Å²) in [6, 6.07) is 5.73. The Bertz CT molecular complexity index is 1360. The molecule has 9 heteroatoms. The molecular weight excluding hydrogens is 453 g/mol. The number of aryl methyl sites for hydroxylation is 1. The van der Waals surface area contributed by atoms with Gasteiger partial charge in [-0.1, -0.05) is 0 Å². The lowest BCUT2D eigenvalue weighted by atomic mass is 10.1. The van der Waals surface area contributed by atoms with Gasteiger partial charge in [-0.2, -0.15) is 0 Å². The van der Waals surface area contributed by atoms with E-state index in [2.05, 4.69) is 5.32 Å². The molecule has 1 saturated heterocycles. The number of carbonyl (C=O) groups is 1. The molecule has 1 aliphatic heterocycles. The lowest BCUT2D eigenvalue weighted by Crippen LogP contribution is -2.43. The Morgan fingerprint density at radius 1 is 1.17 bits per heavy atom. The van der Waals surface area contributed by atoms with Crippen LogP contribution in [0.3, 0.4) is 0 Å². The fourth-order valence-corrected chi connectivity index (χ4v) is 4.30. The zero-order valence-corrected chi connectivity index (χ0v) is 19.9. The van der Waals surface area contributed by atoms with Gasteiger partial charge in [0, 0.05) is 55.4 Å². The Labute approximate surface area is 202 Å². The Morgan fingerprint density at radius 3 is 2.57 bits per heavy atom. The molecule has 0 aliphatic carbocycles. The number of pyridine rings is 1. The number of benzene rings is 2. The van der Waals surface area contributed by atoms with Gasteiger partial charge in [-0.15, -0.1) is 0 Å². The van der Waals surface area contributed by atoms with E-state index in [9.17, 15) is 14.7 Å². The average molecular weight is 482 g/mol. The van der Waals surface area contributed by atoms with Gasteiger partial charge in [-0.05, 0) is 43.3 Å². The van der Waals surface area contributed by atoms with Crippen molar-refractivity contribution >= 4 is 28.4 Å². The number of phenolic OH excluding ortho intramolecular Hbond substituents is 1. The fourth-order valence-electron chi connectivity index (χ4n) is 4.30. The number of ether oxygens (including phenoxy) is 2. The van der Waals surface area contributed by atoms with Gasteiger partial charge < -0.3 is 29.4 Å². The highest BCUT2D eigenvalue weighted by atomic mass is 19.1. The second-order valence-corrected chi connectivity index (χ2v) is 8.19. The van der Waals surface area contributed by atoms with E-state index in [0.29, 0.717) is 30.8 Å². The van der Waals surface area contributed by atoms with Crippen molar-refractivity contribution in [1.29, 1.82) is 0 Å². The molecule has 35 heavy (non-hydrogen) atoms. The number of carbonyl (C=O) groups excluding carboxylic acids is 1. The smallest absolute Gasteiger partial charge is 0.203 e. The number of anilines is 1. The summed E-state index contributed by atoms with van der Waals surface area (Å²) in [4.78, 5) is 27.9. The number of nitrogens with one attached hydrogen (secondary N) is 1. The summed E-state index contributed by atoms with van der Waals surface area (Å²) in [6.07, 6.45) is 4.32. The van der Waals surface area contributed by atoms with Gasteiger partial charge in [0.05, 0.1) is 25.4 Å². The first-order valence-electron chi connectivity index (χ1n) is 11.4. The topological polar surface area (TPSA) is 93.0 Å². The van der Waals surface area contributed by atoms with Crippen molar-refractivity contribution in [2.45, 2.75) is 13.5 Å². The highest BCUT2D eigenvalue weighted by Crippen LogP contribution is 2.37. The molecule has 1 aromatic heterocycles. The van der Waals surface area contributed by atoms with Crippen LogP contribution in [-0.2, 0) is 6.54 Å². The number of piperazine rings is 1. The molecular formula is C26H28FN3O5. The first-order valence-corrected chi connectivity index (χ1v) is 11.4. The quantitative estimate of drug-likeness (QED) is 0.396. The number of nitrogens with zero attached hydrogens (tertiary/aromatic N) is 2. The maximum atomic E-state index is 15.0. The van der Waals surface area contributed by atoms with Crippen molar-refractivity contribution in [1.82, 2.24) is 9.88 Å². The lowest BCUT2D eigenvalue weighted by molar-refractivity contribution is 0.104. The minimum atomic E-state index is -0.447. The number of halogens is 1. The van der Waals surface area contributed by atoms with Crippen LogP contribution in [0.15, 0.2) is 41.3 Å². The van der Waals surface area contributed by atoms with Gasteiger partial charge in [0.15, 0.2) is 22.7 Å². The van der Waals surface area contributed by atoms with Crippen LogP contribution < -0.4 is 25.1 Å². The van der Waals surface area contributed by atoms with Gasteiger partial charge in [0.1, 0.15) is 5.82 Å². The third-order valence-electron chi connectivity index (χ3n) is 6.13. The minimum absolute atomic E-state index is 0.121. The number of rotatable bonds is 7. The number of phenols is 1. The van der Waals surface area contributed by atoms with Gasteiger partial charge >= 0.3 is 0 Å². The third-order valence-corrected chi connectivity index (χ3v) is 6.13. The number of ketones is 1. The van der Waals surface area contributed by atoms with Gasteiger partial charge in [0.25, 0.3) is 0 Å². The molecule has 0 atom stereocenters. The van der Waals surface area contributed by atoms with Crippen molar-refractivity contribution in [3.63, 3.8) is 0 Å². The van der Waals surface area contributed by atoms with Gasteiger partial charge in [0.2, 0.25) is 5.75 Å². The minimum Gasteiger partial charge on any atom is -0.504 e. The molecule has 3 aromatic rings. The second kappa shape index (κ2) is 10.2. The first-order chi connectivity index (χ1) is 16.9. The van der Waals surface area contributed by atoms with E-state index in [1.54, 1.807) is 12.3 Å². The molecule has 8 nitrogen and oxygen atoms in total. The van der Waals surface area contributed by atoms with Crippen LogP contribution in [0.4, 0.5) is 10.1 Å².